The second kappa shape index (κ2) is 3.50. The summed E-state index contributed by atoms with van der Waals surface area (Å²) in [7, 11) is 0. The van der Waals surface area contributed by atoms with Gasteiger partial charge in [-0.05, 0) is 22.0 Å². The predicted molar refractivity (Wildman–Crippen MR) is 55.5 cm³/mol. The number of aromatic nitrogens is 3. The van der Waals surface area contributed by atoms with Crippen LogP contribution in [0.5, 0.6) is 0 Å². The van der Waals surface area contributed by atoms with Gasteiger partial charge in [-0.3, -0.25) is 4.79 Å². The Balaban J connectivity index is 2.38. The van der Waals surface area contributed by atoms with Crippen LogP contribution in [0.2, 0.25) is 0 Å². The fourth-order valence-electron chi connectivity index (χ4n) is 0.913. The van der Waals surface area contributed by atoms with E-state index in [0.29, 0.717) is 5.13 Å². The molecule has 7 heteroatoms. The Kier molecular flexibility index (Phi) is 2.34. The van der Waals surface area contributed by atoms with E-state index in [1.54, 1.807) is 12.3 Å². The molecule has 1 amide bonds. The Morgan fingerprint density at radius 1 is 1.64 bits per heavy atom. The van der Waals surface area contributed by atoms with Crippen molar-refractivity contribution in [1.82, 2.24) is 14.8 Å². The zero-order valence-corrected chi connectivity index (χ0v) is 9.25. The molecule has 72 valence electrons. The van der Waals surface area contributed by atoms with Crippen LogP contribution in [0.15, 0.2) is 22.2 Å². The molecule has 0 aliphatic heterocycles. The van der Waals surface area contributed by atoms with Crippen LogP contribution >= 0.6 is 27.3 Å². The molecule has 2 N–H and O–H groups in total. The van der Waals surface area contributed by atoms with Crippen molar-refractivity contribution < 1.29 is 4.79 Å². The number of thiazole rings is 1. The summed E-state index contributed by atoms with van der Waals surface area (Å²) in [6.07, 6.45) is 1.64. The zero-order chi connectivity index (χ0) is 10.1. The second-order valence-electron chi connectivity index (χ2n) is 2.46. The van der Waals surface area contributed by atoms with Crippen LogP contribution in [-0.4, -0.2) is 20.7 Å². The minimum atomic E-state index is -0.542. The molecular formula is C7H5BrN4OS. The SMILES string of the molecule is NC(=O)c1ccn(-c2nc(Br)cs2)n1. The van der Waals surface area contributed by atoms with Crippen molar-refractivity contribution in [2.24, 2.45) is 5.73 Å². The highest BCUT2D eigenvalue weighted by molar-refractivity contribution is 9.10. The standard InChI is InChI=1S/C7H5BrN4OS/c8-5-3-14-7(10-5)12-2-1-4(11-12)6(9)13/h1-3H,(H2,9,13). The van der Waals surface area contributed by atoms with E-state index in [2.05, 4.69) is 26.0 Å². The molecule has 0 saturated carbocycles. The maximum atomic E-state index is 10.8. The first-order valence-electron chi connectivity index (χ1n) is 3.63. The van der Waals surface area contributed by atoms with Gasteiger partial charge < -0.3 is 5.73 Å². The van der Waals surface area contributed by atoms with Gasteiger partial charge >= 0.3 is 0 Å². The summed E-state index contributed by atoms with van der Waals surface area (Å²) in [5.74, 6) is -0.542. The molecule has 0 bridgehead atoms. The van der Waals surface area contributed by atoms with E-state index in [0.717, 1.165) is 4.60 Å². The van der Waals surface area contributed by atoms with Gasteiger partial charge in [-0.15, -0.1) is 11.3 Å². The normalized spacial score (nSPS) is 10.4. The minimum absolute atomic E-state index is 0.233. The average Bonchev–Trinajstić information content (AvgIpc) is 2.70. The molecule has 0 atom stereocenters. The summed E-state index contributed by atoms with van der Waals surface area (Å²) in [5.41, 5.74) is 5.30. The monoisotopic (exact) mass is 272 g/mol. The molecule has 0 unspecified atom stereocenters. The Labute approximate surface area is 91.7 Å². The lowest BCUT2D eigenvalue weighted by molar-refractivity contribution is 0.0995. The molecule has 0 radical (unpaired) electrons. The van der Waals surface area contributed by atoms with Crippen molar-refractivity contribution in [3.8, 4) is 5.13 Å². The zero-order valence-electron chi connectivity index (χ0n) is 6.85. The molecule has 0 aliphatic carbocycles. The molecule has 2 heterocycles. The Morgan fingerprint density at radius 3 is 2.93 bits per heavy atom. The Morgan fingerprint density at radius 2 is 2.43 bits per heavy atom. The van der Waals surface area contributed by atoms with Crippen LogP contribution in [0.25, 0.3) is 5.13 Å². The third-order valence-corrected chi connectivity index (χ3v) is 3.04. The van der Waals surface area contributed by atoms with Gasteiger partial charge in [0.15, 0.2) is 0 Å². The van der Waals surface area contributed by atoms with Gasteiger partial charge in [0.1, 0.15) is 10.3 Å². The average molecular weight is 273 g/mol. The largest absolute Gasteiger partial charge is 0.364 e. The second-order valence-corrected chi connectivity index (χ2v) is 4.11. The topological polar surface area (TPSA) is 73.8 Å². The molecule has 0 fully saturated rings. The number of hydrogen-bond acceptors (Lipinski definition) is 4. The van der Waals surface area contributed by atoms with Crippen molar-refractivity contribution >= 4 is 33.2 Å². The van der Waals surface area contributed by atoms with Crippen molar-refractivity contribution in [3.05, 3.63) is 27.9 Å². The van der Waals surface area contributed by atoms with Gasteiger partial charge in [-0.2, -0.15) is 5.10 Å². The summed E-state index contributed by atoms with van der Waals surface area (Å²) < 4.78 is 2.25. The maximum Gasteiger partial charge on any atom is 0.269 e. The fraction of sp³-hybridized carbons (Fsp3) is 0. The third kappa shape index (κ3) is 1.68. The van der Waals surface area contributed by atoms with E-state index in [9.17, 15) is 4.79 Å². The first-order valence-corrected chi connectivity index (χ1v) is 5.31. The molecular weight excluding hydrogens is 268 g/mol. The number of hydrogen-bond donors (Lipinski definition) is 1. The van der Waals surface area contributed by atoms with Crippen LogP contribution < -0.4 is 5.73 Å². The number of halogens is 1. The first-order chi connectivity index (χ1) is 6.66. The van der Waals surface area contributed by atoms with Gasteiger partial charge in [0.05, 0.1) is 0 Å². The van der Waals surface area contributed by atoms with Gasteiger partial charge in [0.2, 0.25) is 5.13 Å². The highest BCUT2D eigenvalue weighted by Crippen LogP contribution is 2.18. The summed E-state index contributed by atoms with van der Waals surface area (Å²) in [6.45, 7) is 0. The minimum Gasteiger partial charge on any atom is -0.364 e. The van der Waals surface area contributed by atoms with Crippen molar-refractivity contribution in [3.63, 3.8) is 0 Å². The van der Waals surface area contributed by atoms with E-state index in [-0.39, 0.29) is 5.69 Å². The summed E-state index contributed by atoms with van der Waals surface area (Å²) in [6, 6.07) is 1.55. The van der Waals surface area contributed by atoms with Crippen molar-refractivity contribution in [2.45, 2.75) is 0 Å². The third-order valence-electron chi connectivity index (χ3n) is 1.50. The van der Waals surface area contributed by atoms with Crippen LogP contribution in [0.4, 0.5) is 0 Å². The van der Waals surface area contributed by atoms with E-state index >= 15 is 0 Å². The predicted octanol–water partition coefficient (Wildman–Crippen LogP) is 1.19. The number of nitrogens with two attached hydrogens (primary N) is 1. The smallest absolute Gasteiger partial charge is 0.269 e. The van der Waals surface area contributed by atoms with Gasteiger partial charge in [-0.25, -0.2) is 9.67 Å². The molecule has 0 aromatic carbocycles. The highest BCUT2D eigenvalue weighted by Gasteiger charge is 2.07. The number of primary amides is 1. The van der Waals surface area contributed by atoms with Crippen LogP contribution in [0.3, 0.4) is 0 Å². The van der Waals surface area contributed by atoms with Crippen molar-refractivity contribution in [2.75, 3.05) is 0 Å². The maximum absolute atomic E-state index is 10.8. The summed E-state index contributed by atoms with van der Waals surface area (Å²) >= 11 is 4.65. The lowest BCUT2D eigenvalue weighted by atomic mass is 10.4. The highest BCUT2D eigenvalue weighted by atomic mass is 79.9. The lowest BCUT2D eigenvalue weighted by Crippen LogP contribution is -2.12. The van der Waals surface area contributed by atoms with Gasteiger partial charge in [0.25, 0.3) is 5.91 Å². The molecule has 14 heavy (non-hydrogen) atoms. The quantitative estimate of drug-likeness (QED) is 0.893. The number of nitrogens with zero attached hydrogens (tertiary/aromatic N) is 3. The number of amides is 1. The van der Waals surface area contributed by atoms with E-state index in [4.69, 9.17) is 5.73 Å². The number of rotatable bonds is 2. The van der Waals surface area contributed by atoms with Crippen molar-refractivity contribution in [1.29, 1.82) is 0 Å². The molecule has 0 spiro atoms. The van der Waals surface area contributed by atoms with E-state index in [1.165, 1.54) is 16.0 Å². The molecule has 2 rings (SSSR count). The molecule has 5 nitrogen and oxygen atoms in total. The molecule has 2 aromatic heterocycles. The van der Waals surface area contributed by atoms with Crippen LogP contribution in [0, 0.1) is 0 Å². The molecule has 0 saturated heterocycles. The lowest BCUT2D eigenvalue weighted by Gasteiger charge is -1.91. The summed E-state index contributed by atoms with van der Waals surface area (Å²) in [5, 5.41) is 6.48. The van der Waals surface area contributed by atoms with E-state index in [1.807, 2.05) is 5.38 Å². The van der Waals surface area contributed by atoms with Gasteiger partial charge in [0, 0.05) is 11.6 Å². The Hall–Kier alpha value is -1.21. The number of carbonyl (C=O) groups is 1. The Bertz CT molecular complexity index is 477. The number of carbonyl (C=O) groups excluding carboxylic acids is 1. The fourth-order valence-corrected chi connectivity index (χ4v) is 2.09. The van der Waals surface area contributed by atoms with E-state index < -0.39 is 5.91 Å². The summed E-state index contributed by atoms with van der Waals surface area (Å²) in [4.78, 5) is 14.9. The van der Waals surface area contributed by atoms with Crippen LogP contribution in [0.1, 0.15) is 10.5 Å². The van der Waals surface area contributed by atoms with Gasteiger partial charge in [-0.1, -0.05) is 0 Å². The molecule has 2 aromatic rings. The first kappa shape index (κ1) is 9.35. The molecule has 0 aliphatic rings. The van der Waals surface area contributed by atoms with Crippen LogP contribution in [-0.2, 0) is 0 Å².